The predicted octanol–water partition coefficient (Wildman–Crippen LogP) is 1.22. The maximum Gasteiger partial charge on any atom is 0.305 e. The summed E-state index contributed by atoms with van der Waals surface area (Å²) in [6, 6.07) is 0. The molecule has 0 spiro atoms. The fourth-order valence-corrected chi connectivity index (χ4v) is 2.29. The standard InChI is InChI=1S/C22H44O10/c1-2-3-4-5-22(24)32-21-20-31-19-18-30-17-16-29-15-14-28-13-12-27-11-10-26-9-8-25-7-6-23/h23H,2-21H2,1H3. The summed E-state index contributed by atoms with van der Waals surface area (Å²) in [5, 5.41) is 8.54. The summed E-state index contributed by atoms with van der Waals surface area (Å²) in [5.41, 5.74) is 0. The second-order valence-corrected chi connectivity index (χ2v) is 6.69. The van der Waals surface area contributed by atoms with Crippen LogP contribution in [0.2, 0.25) is 0 Å². The molecule has 32 heavy (non-hydrogen) atoms. The summed E-state index contributed by atoms with van der Waals surface area (Å²) >= 11 is 0. The van der Waals surface area contributed by atoms with Gasteiger partial charge in [-0.05, 0) is 6.42 Å². The van der Waals surface area contributed by atoms with E-state index in [-0.39, 0.29) is 19.2 Å². The van der Waals surface area contributed by atoms with Crippen LogP contribution in [0.4, 0.5) is 0 Å². The second-order valence-electron chi connectivity index (χ2n) is 6.69. The maximum atomic E-state index is 11.4. The molecule has 0 aromatic heterocycles. The number of carbonyl (C=O) groups excluding carboxylic acids is 1. The minimum Gasteiger partial charge on any atom is -0.463 e. The van der Waals surface area contributed by atoms with Gasteiger partial charge in [-0.2, -0.15) is 0 Å². The molecule has 0 aromatic carbocycles. The Hall–Kier alpha value is -0.850. The van der Waals surface area contributed by atoms with Crippen LogP contribution in [-0.2, 0) is 42.7 Å². The van der Waals surface area contributed by atoms with Gasteiger partial charge in [0.15, 0.2) is 0 Å². The zero-order chi connectivity index (χ0) is 23.4. The molecular weight excluding hydrogens is 424 g/mol. The first kappa shape index (κ1) is 31.1. The molecule has 10 heteroatoms. The minimum absolute atomic E-state index is 0.0266. The first-order chi connectivity index (χ1) is 15.8. The molecule has 0 aliphatic rings. The molecule has 0 aromatic rings. The van der Waals surface area contributed by atoms with Crippen molar-refractivity contribution in [2.24, 2.45) is 0 Å². The third-order valence-corrected chi connectivity index (χ3v) is 3.94. The van der Waals surface area contributed by atoms with Crippen molar-refractivity contribution in [2.75, 3.05) is 106 Å². The molecule has 0 rings (SSSR count). The van der Waals surface area contributed by atoms with Crippen molar-refractivity contribution < 1.29 is 47.8 Å². The number of hydrogen-bond acceptors (Lipinski definition) is 10. The average Bonchev–Trinajstić information content (AvgIpc) is 2.79. The molecule has 0 radical (unpaired) electrons. The van der Waals surface area contributed by atoms with Gasteiger partial charge in [0.2, 0.25) is 0 Å². The topological polar surface area (TPSA) is 111 Å². The van der Waals surface area contributed by atoms with E-state index in [2.05, 4.69) is 6.92 Å². The molecule has 10 nitrogen and oxygen atoms in total. The maximum absolute atomic E-state index is 11.4. The van der Waals surface area contributed by atoms with E-state index >= 15 is 0 Å². The first-order valence-electron chi connectivity index (χ1n) is 11.6. The van der Waals surface area contributed by atoms with Gasteiger partial charge >= 0.3 is 5.97 Å². The number of aliphatic hydroxyl groups excluding tert-OH is 1. The molecular formula is C22H44O10. The zero-order valence-corrected chi connectivity index (χ0v) is 19.8. The first-order valence-corrected chi connectivity index (χ1v) is 11.6. The molecule has 192 valence electrons. The monoisotopic (exact) mass is 468 g/mol. The zero-order valence-electron chi connectivity index (χ0n) is 19.8. The molecule has 0 aliphatic carbocycles. The third-order valence-electron chi connectivity index (χ3n) is 3.94. The van der Waals surface area contributed by atoms with Gasteiger partial charge in [-0.25, -0.2) is 0 Å². The largest absolute Gasteiger partial charge is 0.463 e. The number of aliphatic hydroxyl groups is 1. The highest BCUT2D eigenvalue weighted by Gasteiger charge is 2.01. The van der Waals surface area contributed by atoms with Crippen LogP contribution in [0.3, 0.4) is 0 Å². The Bertz CT molecular complexity index is 371. The summed E-state index contributed by atoms with van der Waals surface area (Å²) < 4.78 is 42.4. The van der Waals surface area contributed by atoms with Crippen LogP contribution in [0.1, 0.15) is 32.6 Å². The number of carbonyl (C=O) groups is 1. The lowest BCUT2D eigenvalue weighted by Crippen LogP contribution is -2.15. The summed E-state index contributed by atoms with van der Waals surface area (Å²) in [6.45, 7) is 9.03. The fourth-order valence-electron chi connectivity index (χ4n) is 2.29. The SMILES string of the molecule is CCCCCC(=O)OCCOCCOCCOCCOCCOCCOCCOCCO. The van der Waals surface area contributed by atoms with Gasteiger partial charge in [0, 0.05) is 6.42 Å². The predicted molar refractivity (Wildman–Crippen MR) is 118 cm³/mol. The lowest BCUT2D eigenvalue weighted by atomic mass is 10.2. The Morgan fingerprint density at radius 3 is 1.22 bits per heavy atom. The molecule has 0 unspecified atom stereocenters. The van der Waals surface area contributed by atoms with Gasteiger partial charge < -0.3 is 43.0 Å². The van der Waals surface area contributed by atoms with E-state index in [9.17, 15) is 4.79 Å². The Labute approximate surface area is 192 Å². The molecule has 1 N–H and O–H groups in total. The van der Waals surface area contributed by atoms with Gasteiger partial charge in [0.1, 0.15) is 6.61 Å². The van der Waals surface area contributed by atoms with Gasteiger partial charge in [-0.1, -0.05) is 19.8 Å². The number of hydrogen-bond donors (Lipinski definition) is 1. The quantitative estimate of drug-likeness (QED) is 0.139. The van der Waals surface area contributed by atoms with Crippen LogP contribution in [0.25, 0.3) is 0 Å². The van der Waals surface area contributed by atoms with Crippen LogP contribution >= 0.6 is 0 Å². The van der Waals surface area contributed by atoms with Crippen molar-refractivity contribution in [1.82, 2.24) is 0 Å². The van der Waals surface area contributed by atoms with E-state index in [1.807, 2.05) is 0 Å². The molecule has 0 saturated heterocycles. The van der Waals surface area contributed by atoms with Crippen LogP contribution in [0.15, 0.2) is 0 Å². The highest BCUT2D eigenvalue weighted by atomic mass is 16.6. The van der Waals surface area contributed by atoms with Crippen molar-refractivity contribution in [2.45, 2.75) is 32.6 Å². The Balaban J connectivity index is 3.06. The molecule has 0 fully saturated rings. The van der Waals surface area contributed by atoms with Crippen molar-refractivity contribution in [3.8, 4) is 0 Å². The fraction of sp³-hybridized carbons (Fsp3) is 0.955. The summed E-state index contributed by atoms with van der Waals surface area (Å²) in [5.74, 6) is -0.158. The van der Waals surface area contributed by atoms with E-state index in [4.69, 9.17) is 43.0 Å². The van der Waals surface area contributed by atoms with Gasteiger partial charge in [-0.15, -0.1) is 0 Å². The molecule has 0 atom stereocenters. The average molecular weight is 469 g/mol. The van der Waals surface area contributed by atoms with Gasteiger partial charge in [0.25, 0.3) is 0 Å². The molecule has 0 amide bonds. The Morgan fingerprint density at radius 2 is 0.875 bits per heavy atom. The minimum atomic E-state index is -0.158. The number of rotatable bonds is 27. The van der Waals surface area contributed by atoms with E-state index < -0.39 is 0 Å². The Morgan fingerprint density at radius 1 is 0.531 bits per heavy atom. The third kappa shape index (κ3) is 27.2. The van der Waals surface area contributed by atoms with Crippen LogP contribution in [-0.4, -0.2) is 117 Å². The lowest BCUT2D eigenvalue weighted by molar-refractivity contribution is -0.145. The summed E-state index contributed by atoms with van der Waals surface area (Å²) in [7, 11) is 0. The highest BCUT2D eigenvalue weighted by Crippen LogP contribution is 2.00. The lowest BCUT2D eigenvalue weighted by Gasteiger charge is -2.08. The second kappa shape index (κ2) is 28.2. The van der Waals surface area contributed by atoms with Gasteiger partial charge in [0.05, 0.1) is 99.1 Å². The van der Waals surface area contributed by atoms with Crippen molar-refractivity contribution >= 4 is 5.97 Å². The van der Waals surface area contributed by atoms with E-state index in [0.29, 0.717) is 98.9 Å². The van der Waals surface area contributed by atoms with Crippen molar-refractivity contribution in [1.29, 1.82) is 0 Å². The van der Waals surface area contributed by atoms with E-state index in [0.717, 1.165) is 19.3 Å². The van der Waals surface area contributed by atoms with E-state index in [1.54, 1.807) is 0 Å². The summed E-state index contributed by atoms with van der Waals surface area (Å²) in [4.78, 5) is 11.4. The molecule has 0 bridgehead atoms. The van der Waals surface area contributed by atoms with Gasteiger partial charge in [-0.3, -0.25) is 4.79 Å². The van der Waals surface area contributed by atoms with Crippen molar-refractivity contribution in [3.63, 3.8) is 0 Å². The number of unbranched alkanes of at least 4 members (excludes halogenated alkanes) is 2. The van der Waals surface area contributed by atoms with Crippen molar-refractivity contribution in [3.05, 3.63) is 0 Å². The molecule has 0 aliphatic heterocycles. The normalized spacial score (nSPS) is 11.2. The Kier molecular flexibility index (Phi) is 27.4. The molecule has 0 heterocycles. The molecule has 0 saturated carbocycles. The van der Waals surface area contributed by atoms with Crippen LogP contribution in [0.5, 0.6) is 0 Å². The summed E-state index contributed by atoms with van der Waals surface area (Å²) in [6.07, 6.45) is 3.51. The smallest absolute Gasteiger partial charge is 0.305 e. The van der Waals surface area contributed by atoms with Crippen LogP contribution < -0.4 is 0 Å². The highest BCUT2D eigenvalue weighted by molar-refractivity contribution is 5.69. The van der Waals surface area contributed by atoms with Crippen LogP contribution in [0, 0.1) is 0 Å². The number of ether oxygens (including phenoxy) is 8. The van der Waals surface area contributed by atoms with E-state index in [1.165, 1.54) is 0 Å². The number of esters is 1.